The summed E-state index contributed by atoms with van der Waals surface area (Å²) >= 11 is 1.70. The van der Waals surface area contributed by atoms with E-state index in [1.54, 1.807) is 11.3 Å². The Kier molecular flexibility index (Phi) is 4.90. The molecule has 0 spiro atoms. The monoisotopic (exact) mass is 273 g/mol. The summed E-state index contributed by atoms with van der Waals surface area (Å²) < 4.78 is 5.27. The van der Waals surface area contributed by atoms with Crippen LogP contribution in [0.3, 0.4) is 0 Å². The first-order valence-electron chi connectivity index (χ1n) is 5.98. The standard InChI is InChI=1S/C14H15N3OS/c1-11-17-10-14(19-11)9-16-8-12-3-2-4-13(7-12)18-6-5-15/h2-4,7,10,16H,6,8-9H2,1H3. The maximum Gasteiger partial charge on any atom is 0.174 e. The molecule has 2 rings (SSSR count). The molecule has 98 valence electrons. The normalized spacial score (nSPS) is 10.1. The highest BCUT2D eigenvalue weighted by Crippen LogP contribution is 2.14. The Bertz CT molecular complexity index is 574. The quantitative estimate of drug-likeness (QED) is 0.879. The maximum atomic E-state index is 8.47. The zero-order chi connectivity index (χ0) is 13.5. The summed E-state index contributed by atoms with van der Waals surface area (Å²) in [7, 11) is 0. The molecule has 1 aromatic heterocycles. The molecule has 5 heteroatoms. The van der Waals surface area contributed by atoms with Crippen molar-refractivity contribution < 1.29 is 4.74 Å². The minimum atomic E-state index is 0.0804. The van der Waals surface area contributed by atoms with Crippen molar-refractivity contribution in [1.82, 2.24) is 10.3 Å². The lowest BCUT2D eigenvalue weighted by molar-refractivity contribution is 0.367. The number of aryl methyl sites for hydroxylation is 1. The third-order valence-electron chi connectivity index (χ3n) is 2.50. The molecule has 0 aliphatic heterocycles. The molecule has 0 saturated heterocycles. The van der Waals surface area contributed by atoms with Gasteiger partial charge in [-0.3, -0.25) is 0 Å². The molecule has 0 fully saturated rings. The molecule has 19 heavy (non-hydrogen) atoms. The van der Waals surface area contributed by atoms with Crippen LogP contribution in [0.2, 0.25) is 0 Å². The maximum absolute atomic E-state index is 8.47. The largest absolute Gasteiger partial charge is 0.479 e. The summed E-state index contributed by atoms with van der Waals surface area (Å²) in [6.45, 7) is 3.66. The fraction of sp³-hybridized carbons (Fsp3) is 0.286. The van der Waals surface area contributed by atoms with E-state index in [4.69, 9.17) is 10.00 Å². The van der Waals surface area contributed by atoms with Crippen molar-refractivity contribution in [3.05, 3.63) is 45.9 Å². The van der Waals surface area contributed by atoms with Crippen LogP contribution in [0.1, 0.15) is 15.4 Å². The molecule has 0 atom stereocenters. The van der Waals surface area contributed by atoms with Crippen LogP contribution in [0, 0.1) is 18.3 Å². The Labute approximate surface area is 116 Å². The van der Waals surface area contributed by atoms with Crippen LogP contribution in [0.4, 0.5) is 0 Å². The second-order valence-electron chi connectivity index (χ2n) is 4.04. The average Bonchev–Trinajstić information content (AvgIpc) is 2.83. The third-order valence-corrected chi connectivity index (χ3v) is 3.41. The SMILES string of the molecule is Cc1ncc(CNCc2cccc(OCC#N)c2)s1. The van der Waals surface area contributed by atoms with Gasteiger partial charge in [0.15, 0.2) is 6.61 Å². The number of thiazole rings is 1. The van der Waals surface area contributed by atoms with Crippen molar-refractivity contribution in [1.29, 1.82) is 5.26 Å². The van der Waals surface area contributed by atoms with E-state index in [1.807, 2.05) is 43.5 Å². The molecule has 0 radical (unpaired) electrons. The first kappa shape index (κ1) is 13.5. The van der Waals surface area contributed by atoms with Crippen molar-refractivity contribution in [2.75, 3.05) is 6.61 Å². The number of rotatable bonds is 6. The van der Waals surface area contributed by atoms with Gasteiger partial charge < -0.3 is 10.1 Å². The van der Waals surface area contributed by atoms with Gasteiger partial charge in [-0.25, -0.2) is 4.98 Å². The summed E-state index contributed by atoms with van der Waals surface area (Å²) in [5, 5.41) is 12.9. The van der Waals surface area contributed by atoms with E-state index in [9.17, 15) is 0 Å². The molecular formula is C14H15N3OS. The molecule has 0 bridgehead atoms. The van der Waals surface area contributed by atoms with E-state index < -0.39 is 0 Å². The molecule has 0 saturated carbocycles. The van der Waals surface area contributed by atoms with Crippen molar-refractivity contribution >= 4 is 11.3 Å². The molecule has 0 amide bonds. The molecule has 1 aromatic carbocycles. The van der Waals surface area contributed by atoms with Crippen LogP contribution >= 0.6 is 11.3 Å². The first-order chi connectivity index (χ1) is 9.28. The number of ether oxygens (including phenoxy) is 1. The summed E-state index contributed by atoms with van der Waals surface area (Å²) in [5.74, 6) is 0.731. The Balaban J connectivity index is 1.84. The topological polar surface area (TPSA) is 57.9 Å². The Morgan fingerprint density at radius 1 is 1.42 bits per heavy atom. The number of hydrogen-bond acceptors (Lipinski definition) is 5. The second-order valence-corrected chi connectivity index (χ2v) is 5.36. The van der Waals surface area contributed by atoms with Gasteiger partial charge in [0.25, 0.3) is 0 Å². The summed E-state index contributed by atoms with van der Waals surface area (Å²) in [4.78, 5) is 5.45. The van der Waals surface area contributed by atoms with Gasteiger partial charge in [0, 0.05) is 24.2 Å². The zero-order valence-electron chi connectivity index (χ0n) is 10.7. The Morgan fingerprint density at radius 3 is 3.05 bits per heavy atom. The van der Waals surface area contributed by atoms with Gasteiger partial charge in [-0.1, -0.05) is 12.1 Å². The number of nitrogens with one attached hydrogen (secondary N) is 1. The zero-order valence-corrected chi connectivity index (χ0v) is 11.5. The minimum Gasteiger partial charge on any atom is -0.479 e. The predicted octanol–water partition coefficient (Wildman–Crippen LogP) is 2.64. The van der Waals surface area contributed by atoms with Crippen LogP contribution in [0.5, 0.6) is 5.75 Å². The first-order valence-corrected chi connectivity index (χ1v) is 6.80. The summed E-state index contributed by atoms with van der Waals surface area (Å²) in [5.41, 5.74) is 1.14. The van der Waals surface area contributed by atoms with Gasteiger partial charge in [-0.15, -0.1) is 11.3 Å². The highest BCUT2D eigenvalue weighted by atomic mass is 32.1. The van der Waals surface area contributed by atoms with Crippen LogP contribution in [-0.4, -0.2) is 11.6 Å². The molecule has 1 heterocycles. The molecule has 0 unspecified atom stereocenters. The van der Waals surface area contributed by atoms with Crippen LogP contribution in [-0.2, 0) is 13.1 Å². The fourth-order valence-electron chi connectivity index (χ4n) is 1.68. The lowest BCUT2D eigenvalue weighted by Crippen LogP contribution is -2.11. The van der Waals surface area contributed by atoms with Gasteiger partial charge in [-0.2, -0.15) is 5.26 Å². The lowest BCUT2D eigenvalue weighted by atomic mass is 10.2. The van der Waals surface area contributed by atoms with E-state index in [0.29, 0.717) is 0 Å². The Morgan fingerprint density at radius 2 is 2.32 bits per heavy atom. The van der Waals surface area contributed by atoms with Gasteiger partial charge in [0.2, 0.25) is 0 Å². The van der Waals surface area contributed by atoms with Crippen molar-refractivity contribution in [3.8, 4) is 11.8 Å². The molecule has 0 aliphatic carbocycles. The van der Waals surface area contributed by atoms with Crippen molar-refractivity contribution in [2.24, 2.45) is 0 Å². The van der Waals surface area contributed by atoms with Crippen molar-refractivity contribution in [2.45, 2.75) is 20.0 Å². The van der Waals surface area contributed by atoms with E-state index in [2.05, 4.69) is 10.3 Å². The number of hydrogen-bond donors (Lipinski definition) is 1. The van der Waals surface area contributed by atoms with Crippen LogP contribution in [0.15, 0.2) is 30.5 Å². The average molecular weight is 273 g/mol. The predicted molar refractivity (Wildman–Crippen MR) is 74.9 cm³/mol. The number of benzene rings is 1. The molecule has 1 N–H and O–H groups in total. The smallest absolute Gasteiger partial charge is 0.174 e. The third kappa shape index (κ3) is 4.36. The molecule has 2 aromatic rings. The van der Waals surface area contributed by atoms with E-state index >= 15 is 0 Å². The Hall–Kier alpha value is -1.90. The number of nitrogens with zero attached hydrogens (tertiary/aromatic N) is 2. The molecule has 0 aliphatic rings. The highest BCUT2D eigenvalue weighted by Gasteiger charge is 1.99. The molecule has 4 nitrogen and oxygen atoms in total. The van der Waals surface area contributed by atoms with Gasteiger partial charge >= 0.3 is 0 Å². The van der Waals surface area contributed by atoms with Crippen LogP contribution in [0.25, 0.3) is 0 Å². The molecular weight excluding hydrogens is 258 g/mol. The number of aromatic nitrogens is 1. The van der Waals surface area contributed by atoms with Gasteiger partial charge in [0.05, 0.1) is 5.01 Å². The van der Waals surface area contributed by atoms with Gasteiger partial charge in [-0.05, 0) is 24.6 Å². The summed E-state index contributed by atoms with van der Waals surface area (Å²) in [6.07, 6.45) is 1.90. The fourth-order valence-corrected chi connectivity index (χ4v) is 2.44. The number of nitriles is 1. The van der Waals surface area contributed by atoms with E-state index in [1.165, 1.54) is 4.88 Å². The highest BCUT2D eigenvalue weighted by molar-refractivity contribution is 7.11. The van der Waals surface area contributed by atoms with E-state index in [-0.39, 0.29) is 6.61 Å². The van der Waals surface area contributed by atoms with Crippen molar-refractivity contribution in [3.63, 3.8) is 0 Å². The minimum absolute atomic E-state index is 0.0804. The summed E-state index contributed by atoms with van der Waals surface area (Å²) in [6, 6.07) is 9.72. The van der Waals surface area contributed by atoms with Crippen LogP contribution < -0.4 is 10.1 Å². The van der Waals surface area contributed by atoms with Gasteiger partial charge in [0.1, 0.15) is 11.8 Å². The second kappa shape index (κ2) is 6.88. The van der Waals surface area contributed by atoms with E-state index in [0.717, 1.165) is 29.4 Å². The lowest BCUT2D eigenvalue weighted by Gasteiger charge is -2.06.